The molecule has 2 rings (SSSR count). The fourth-order valence-corrected chi connectivity index (χ4v) is 3.09. The van der Waals surface area contributed by atoms with Crippen molar-refractivity contribution < 1.29 is 14.7 Å². The van der Waals surface area contributed by atoms with E-state index >= 15 is 0 Å². The minimum atomic E-state index is -1.07. The summed E-state index contributed by atoms with van der Waals surface area (Å²) in [5.41, 5.74) is 0.561. The lowest BCUT2D eigenvalue weighted by molar-refractivity contribution is -0.139. The molecule has 1 aliphatic rings. The normalized spacial score (nSPS) is 19.7. The van der Waals surface area contributed by atoms with Gasteiger partial charge in [0.15, 0.2) is 6.04 Å². The van der Waals surface area contributed by atoms with Crippen molar-refractivity contribution in [3.63, 3.8) is 0 Å². The largest absolute Gasteiger partial charge is 0.479 e. The maximum absolute atomic E-state index is 11.8. The van der Waals surface area contributed by atoms with Gasteiger partial charge < -0.3 is 15.7 Å². The number of carbonyl (C=O) groups is 2. The highest BCUT2D eigenvalue weighted by Gasteiger charge is 2.24. The fraction of sp³-hybridized carbons (Fsp3) is 0.385. The summed E-state index contributed by atoms with van der Waals surface area (Å²) < 4.78 is 0. The molecule has 0 bridgehead atoms. The Morgan fingerprint density at radius 3 is 2.63 bits per heavy atom. The molecule has 0 spiro atoms. The van der Waals surface area contributed by atoms with Crippen LogP contribution in [0.15, 0.2) is 30.3 Å². The van der Waals surface area contributed by atoms with E-state index in [1.54, 1.807) is 42.1 Å². The minimum Gasteiger partial charge on any atom is -0.479 e. The molecule has 1 aromatic rings. The third-order valence-corrected chi connectivity index (χ3v) is 4.08. The topological polar surface area (TPSA) is 78.4 Å². The van der Waals surface area contributed by atoms with Crippen LogP contribution in [0.5, 0.6) is 0 Å². The first kappa shape index (κ1) is 13.7. The van der Waals surface area contributed by atoms with Crippen LogP contribution in [0.25, 0.3) is 0 Å². The van der Waals surface area contributed by atoms with Gasteiger partial charge in [-0.3, -0.25) is 0 Å². The number of urea groups is 1. The number of hydrogen-bond acceptors (Lipinski definition) is 3. The number of amides is 2. The lowest BCUT2D eigenvalue weighted by Crippen LogP contribution is -2.45. The van der Waals surface area contributed by atoms with Gasteiger partial charge in [0.2, 0.25) is 0 Å². The van der Waals surface area contributed by atoms with Crippen molar-refractivity contribution in [2.24, 2.45) is 0 Å². The second-order valence-electron chi connectivity index (χ2n) is 4.36. The lowest BCUT2D eigenvalue weighted by Gasteiger charge is -2.17. The number of benzene rings is 1. The van der Waals surface area contributed by atoms with Gasteiger partial charge in [0.1, 0.15) is 0 Å². The summed E-state index contributed by atoms with van der Waals surface area (Å²) in [5.74, 6) is 0.852. The second kappa shape index (κ2) is 6.47. The van der Waals surface area contributed by atoms with Crippen LogP contribution in [0, 0.1) is 0 Å². The zero-order valence-corrected chi connectivity index (χ0v) is 11.2. The van der Waals surface area contributed by atoms with Crippen LogP contribution in [0.3, 0.4) is 0 Å². The monoisotopic (exact) mass is 280 g/mol. The summed E-state index contributed by atoms with van der Waals surface area (Å²) in [7, 11) is 0. The quantitative estimate of drug-likeness (QED) is 0.783. The highest BCUT2D eigenvalue weighted by atomic mass is 32.2. The highest BCUT2D eigenvalue weighted by Crippen LogP contribution is 2.17. The van der Waals surface area contributed by atoms with Crippen LogP contribution in [0.4, 0.5) is 4.79 Å². The Morgan fingerprint density at radius 2 is 2.05 bits per heavy atom. The summed E-state index contributed by atoms with van der Waals surface area (Å²) in [6.45, 7) is 0. The number of carbonyl (C=O) groups excluding carboxylic acids is 1. The van der Waals surface area contributed by atoms with E-state index in [-0.39, 0.29) is 6.04 Å². The molecule has 2 amide bonds. The Kier molecular flexibility index (Phi) is 4.68. The summed E-state index contributed by atoms with van der Waals surface area (Å²) >= 11 is 1.79. The summed E-state index contributed by atoms with van der Waals surface area (Å²) in [6, 6.07) is 7.36. The average molecular weight is 280 g/mol. The van der Waals surface area contributed by atoms with Crippen molar-refractivity contribution >= 4 is 23.8 Å². The van der Waals surface area contributed by atoms with Gasteiger partial charge in [0, 0.05) is 11.8 Å². The zero-order valence-electron chi connectivity index (χ0n) is 10.3. The van der Waals surface area contributed by atoms with E-state index in [2.05, 4.69) is 10.6 Å². The van der Waals surface area contributed by atoms with E-state index in [0.29, 0.717) is 5.56 Å². The van der Waals surface area contributed by atoms with Gasteiger partial charge in [-0.1, -0.05) is 30.3 Å². The Bertz CT molecular complexity index is 446. The van der Waals surface area contributed by atoms with E-state index in [9.17, 15) is 14.7 Å². The molecule has 0 aromatic heterocycles. The molecule has 102 valence electrons. The molecule has 5 nitrogen and oxygen atoms in total. The number of rotatable bonds is 4. The number of aliphatic carboxylic acids is 1. The van der Waals surface area contributed by atoms with Gasteiger partial charge >= 0.3 is 12.0 Å². The van der Waals surface area contributed by atoms with Crippen molar-refractivity contribution in [1.82, 2.24) is 10.6 Å². The second-order valence-corrected chi connectivity index (χ2v) is 5.51. The maximum atomic E-state index is 11.8. The molecule has 1 unspecified atom stereocenters. The third kappa shape index (κ3) is 3.89. The average Bonchev–Trinajstić information content (AvgIpc) is 2.89. The summed E-state index contributed by atoms with van der Waals surface area (Å²) in [6.07, 6.45) is 0.932. The lowest BCUT2D eigenvalue weighted by atomic mass is 10.1. The van der Waals surface area contributed by atoms with Crippen LogP contribution < -0.4 is 10.6 Å². The maximum Gasteiger partial charge on any atom is 0.330 e. The van der Waals surface area contributed by atoms with Crippen LogP contribution in [-0.2, 0) is 4.79 Å². The van der Waals surface area contributed by atoms with Gasteiger partial charge in [-0.05, 0) is 17.7 Å². The fourth-order valence-electron chi connectivity index (χ4n) is 1.94. The van der Waals surface area contributed by atoms with E-state index in [4.69, 9.17) is 0 Å². The molecule has 2 atom stereocenters. The van der Waals surface area contributed by atoms with Gasteiger partial charge in [-0.15, -0.1) is 0 Å². The van der Waals surface area contributed by atoms with Crippen molar-refractivity contribution in [2.75, 3.05) is 11.5 Å². The predicted molar refractivity (Wildman–Crippen MR) is 74.2 cm³/mol. The van der Waals surface area contributed by atoms with Crippen LogP contribution >= 0.6 is 11.8 Å². The smallest absolute Gasteiger partial charge is 0.330 e. The molecule has 6 heteroatoms. The van der Waals surface area contributed by atoms with Crippen molar-refractivity contribution in [1.29, 1.82) is 0 Å². The highest BCUT2D eigenvalue weighted by molar-refractivity contribution is 7.99. The van der Waals surface area contributed by atoms with Crippen molar-refractivity contribution in [2.45, 2.75) is 18.5 Å². The van der Waals surface area contributed by atoms with E-state index in [1.807, 2.05) is 0 Å². The molecule has 1 heterocycles. The first-order valence-corrected chi connectivity index (χ1v) is 7.25. The Balaban J connectivity index is 1.97. The Labute approximate surface area is 115 Å². The molecule has 3 N–H and O–H groups in total. The summed E-state index contributed by atoms with van der Waals surface area (Å²) in [4.78, 5) is 23.0. The third-order valence-electron chi connectivity index (χ3n) is 2.92. The zero-order chi connectivity index (χ0) is 13.7. The van der Waals surface area contributed by atoms with Gasteiger partial charge in [0.05, 0.1) is 0 Å². The molecular weight excluding hydrogens is 264 g/mol. The molecule has 0 radical (unpaired) electrons. The number of nitrogens with one attached hydrogen (secondary N) is 2. The Hall–Kier alpha value is -1.69. The number of carboxylic acids is 1. The SMILES string of the molecule is O=C(NC1CCSC1)N[C@@H](C(=O)O)c1ccccc1. The van der Waals surface area contributed by atoms with Crippen LogP contribution in [-0.4, -0.2) is 34.7 Å². The molecule has 0 aliphatic carbocycles. The molecule has 0 saturated carbocycles. The first-order chi connectivity index (χ1) is 9.16. The standard InChI is InChI=1S/C13H16N2O3S/c16-12(17)11(9-4-2-1-3-5-9)15-13(18)14-10-6-7-19-8-10/h1-5,10-11H,6-8H2,(H,16,17)(H2,14,15,18)/t10?,11-/m1/s1. The van der Waals surface area contributed by atoms with Crippen molar-refractivity contribution in [3.05, 3.63) is 35.9 Å². The predicted octanol–water partition coefficient (Wildman–Crippen LogP) is 1.62. The molecule has 1 aliphatic heterocycles. The molecular formula is C13H16N2O3S. The van der Waals surface area contributed by atoms with E-state index in [1.165, 1.54) is 0 Å². The Morgan fingerprint density at radius 1 is 1.32 bits per heavy atom. The number of hydrogen-bond donors (Lipinski definition) is 3. The minimum absolute atomic E-state index is 0.134. The summed E-state index contributed by atoms with van der Waals surface area (Å²) in [5, 5.41) is 14.5. The molecule has 1 fully saturated rings. The van der Waals surface area contributed by atoms with Crippen LogP contribution in [0.1, 0.15) is 18.0 Å². The van der Waals surface area contributed by atoms with Crippen LogP contribution in [0.2, 0.25) is 0 Å². The van der Waals surface area contributed by atoms with Gasteiger partial charge in [0.25, 0.3) is 0 Å². The molecule has 19 heavy (non-hydrogen) atoms. The van der Waals surface area contributed by atoms with Gasteiger partial charge in [-0.2, -0.15) is 11.8 Å². The van der Waals surface area contributed by atoms with E-state index in [0.717, 1.165) is 17.9 Å². The molecule has 1 aromatic carbocycles. The van der Waals surface area contributed by atoms with Gasteiger partial charge in [-0.25, -0.2) is 9.59 Å². The van der Waals surface area contributed by atoms with E-state index < -0.39 is 18.0 Å². The molecule has 1 saturated heterocycles. The van der Waals surface area contributed by atoms with Crippen molar-refractivity contribution in [3.8, 4) is 0 Å². The first-order valence-electron chi connectivity index (χ1n) is 6.09. The number of thioether (sulfide) groups is 1. The number of carboxylic acid groups (broad SMARTS) is 1.